The third-order valence-corrected chi connectivity index (χ3v) is 1.46. The lowest BCUT2D eigenvalue weighted by Gasteiger charge is -2.21. The van der Waals surface area contributed by atoms with Crippen molar-refractivity contribution < 1.29 is 4.74 Å². The van der Waals surface area contributed by atoms with Crippen LogP contribution in [0.2, 0.25) is 0 Å². The van der Waals surface area contributed by atoms with Gasteiger partial charge in [-0.3, -0.25) is 0 Å². The van der Waals surface area contributed by atoms with Gasteiger partial charge in [0.05, 0.1) is 19.0 Å². The number of hydrogen-bond acceptors (Lipinski definition) is 3. The molecule has 0 aromatic carbocycles. The third kappa shape index (κ3) is 3.32. The van der Waals surface area contributed by atoms with Gasteiger partial charge >= 0.3 is 0 Å². The van der Waals surface area contributed by atoms with E-state index in [1.165, 1.54) is 0 Å². The SMILES string of the molecule is COc1ccc(NC(C)(C)C)cn1. The van der Waals surface area contributed by atoms with Gasteiger partial charge in [-0.1, -0.05) is 0 Å². The van der Waals surface area contributed by atoms with Crippen LogP contribution < -0.4 is 10.1 Å². The standard InChI is InChI=1S/C10H16N2O/c1-10(2,3)12-8-5-6-9(13-4)11-7-8/h5-7,12H,1-4H3. The smallest absolute Gasteiger partial charge is 0.213 e. The molecule has 0 radical (unpaired) electrons. The van der Waals surface area contributed by atoms with E-state index in [1.54, 1.807) is 13.3 Å². The average molecular weight is 180 g/mol. The molecule has 0 unspecified atom stereocenters. The van der Waals surface area contributed by atoms with Crippen LogP contribution in [0.3, 0.4) is 0 Å². The fourth-order valence-electron chi connectivity index (χ4n) is 1.01. The zero-order chi connectivity index (χ0) is 9.90. The Balaban J connectivity index is 2.70. The summed E-state index contributed by atoms with van der Waals surface area (Å²) in [6.45, 7) is 6.33. The maximum Gasteiger partial charge on any atom is 0.213 e. The van der Waals surface area contributed by atoms with Gasteiger partial charge in [0.1, 0.15) is 0 Å². The van der Waals surface area contributed by atoms with Crippen LogP contribution in [0, 0.1) is 0 Å². The molecular weight excluding hydrogens is 164 g/mol. The Bertz CT molecular complexity index is 261. The summed E-state index contributed by atoms with van der Waals surface area (Å²) in [4.78, 5) is 4.10. The van der Waals surface area contributed by atoms with Crippen LogP contribution in [0.4, 0.5) is 5.69 Å². The lowest BCUT2D eigenvalue weighted by molar-refractivity contribution is 0.398. The van der Waals surface area contributed by atoms with Crippen LogP contribution in [-0.2, 0) is 0 Å². The number of anilines is 1. The van der Waals surface area contributed by atoms with Crippen molar-refractivity contribution in [3.05, 3.63) is 18.3 Å². The molecule has 1 N–H and O–H groups in total. The fourth-order valence-corrected chi connectivity index (χ4v) is 1.01. The van der Waals surface area contributed by atoms with E-state index in [9.17, 15) is 0 Å². The molecule has 0 bridgehead atoms. The Hall–Kier alpha value is -1.25. The van der Waals surface area contributed by atoms with E-state index < -0.39 is 0 Å². The Morgan fingerprint density at radius 1 is 1.31 bits per heavy atom. The molecule has 0 amide bonds. The molecule has 3 heteroatoms. The molecule has 1 heterocycles. The molecule has 0 aliphatic rings. The molecule has 0 atom stereocenters. The van der Waals surface area contributed by atoms with Crippen LogP contribution in [-0.4, -0.2) is 17.6 Å². The molecule has 0 spiro atoms. The summed E-state index contributed by atoms with van der Waals surface area (Å²) < 4.78 is 4.96. The van der Waals surface area contributed by atoms with E-state index in [0.29, 0.717) is 5.88 Å². The summed E-state index contributed by atoms with van der Waals surface area (Å²) in [6, 6.07) is 3.80. The minimum atomic E-state index is 0.0657. The van der Waals surface area contributed by atoms with E-state index in [2.05, 4.69) is 31.1 Å². The van der Waals surface area contributed by atoms with Crippen molar-refractivity contribution in [2.24, 2.45) is 0 Å². The second-order valence-corrected chi connectivity index (χ2v) is 3.96. The van der Waals surface area contributed by atoms with E-state index >= 15 is 0 Å². The van der Waals surface area contributed by atoms with Crippen molar-refractivity contribution >= 4 is 5.69 Å². The number of nitrogens with one attached hydrogen (secondary N) is 1. The normalized spacial score (nSPS) is 11.1. The maximum atomic E-state index is 4.96. The summed E-state index contributed by atoms with van der Waals surface area (Å²) in [6.07, 6.45) is 1.77. The summed E-state index contributed by atoms with van der Waals surface area (Å²) >= 11 is 0. The molecular formula is C10H16N2O. The number of hydrogen-bond donors (Lipinski definition) is 1. The first-order valence-corrected chi connectivity index (χ1v) is 4.29. The second kappa shape index (κ2) is 3.64. The average Bonchev–Trinajstić information content (AvgIpc) is 2.03. The quantitative estimate of drug-likeness (QED) is 0.758. The monoisotopic (exact) mass is 180 g/mol. The molecule has 13 heavy (non-hydrogen) atoms. The van der Waals surface area contributed by atoms with Crippen molar-refractivity contribution in [3.8, 4) is 5.88 Å². The molecule has 1 rings (SSSR count). The van der Waals surface area contributed by atoms with Crippen molar-refractivity contribution in [2.45, 2.75) is 26.3 Å². The molecule has 1 aromatic rings. The minimum absolute atomic E-state index is 0.0657. The lowest BCUT2D eigenvalue weighted by atomic mass is 10.1. The third-order valence-electron chi connectivity index (χ3n) is 1.46. The molecule has 72 valence electrons. The van der Waals surface area contributed by atoms with Crippen molar-refractivity contribution in [2.75, 3.05) is 12.4 Å². The fraction of sp³-hybridized carbons (Fsp3) is 0.500. The number of rotatable bonds is 2. The highest BCUT2D eigenvalue weighted by atomic mass is 16.5. The first-order valence-electron chi connectivity index (χ1n) is 4.29. The van der Waals surface area contributed by atoms with Gasteiger partial charge in [0, 0.05) is 11.6 Å². The number of ether oxygens (including phenoxy) is 1. The van der Waals surface area contributed by atoms with E-state index in [4.69, 9.17) is 4.74 Å². The van der Waals surface area contributed by atoms with Crippen LogP contribution in [0.15, 0.2) is 18.3 Å². The number of methoxy groups -OCH3 is 1. The van der Waals surface area contributed by atoms with E-state index in [-0.39, 0.29) is 5.54 Å². The molecule has 0 aliphatic heterocycles. The molecule has 0 saturated carbocycles. The van der Waals surface area contributed by atoms with Gasteiger partial charge in [0.2, 0.25) is 5.88 Å². The van der Waals surface area contributed by atoms with E-state index in [1.807, 2.05) is 12.1 Å². The predicted octanol–water partition coefficient (Wildman–Crippen LogP) is 2.30. The minimum Gasteiger partial charge on any atom is -0.481 e. The Morgan fingerprint density at radius 3 is 2.38 bits per heavy atom. The topological polar surface area (TPSA) is 34.1 Å². The van der Waals surface area contributed by atoms with Crippen molar-refractivity contribution in [3.63, 3.8) is 0 Å². The molecule has 0 fully saturated rings. The molecule has 0 aliphatic carbocycles. The lowest BCUT2D eigenvalue weighted by Crippen LogP contribution is -2.25. The highest BCUT2D eigenvalue weighted by Crippen LogP contribution is 2.15. The van der Waals surface area contributed by atoms with Crippen LogP contribution >= 0.6 is 0 Å². The van der Waals surface area contributed by atoms with Gasteiger partial charge in [-0.2, -0.15) is 0 Å². The largest absolute Gasteiger partial charge is 0.481 e. The Morgan fingerprint density at radius 2 is 2.00 bits per heavy atom. The predicted molar refractivity (Wildman–Crippen MR) is 54.2 cm³/mol. The van der Waals surface area contributed by atoms with Crippen LogP contribution in [0.1, 0.15) is 20.8 Å². The Labute approximate surface area is 79.1 Å². The first kappa shape index (κ1) is 9.84. The highest BCUT2D eigenvalue weighted by Gasteiger charge is 2.08. The zero-order valence-corrected chi connectivity index (χ0v) is 8.59. The van der Waals surface area contributed by atoms with Crippen molar-refractivity contribution in [1.82, 2.24) is 4.98 Å². The van der Waals surface area contributed by atoms with Gasteiger partial charge in [-0.25, -0.2) is 4.98 Å². The number of pyridine rings is 1. The second-order valence-electron chi connectivity index (χ2n) is 3.96. The van der Waals surface area contributed by atoms with Gasteiger partial charge < -0.3 is 10.1 Å². The summed E-state index contributed by atoms with van der Waals surface area (Å²) in [5.74, 6) is 0.638. The molecule has 1 aromatic heterocycles. The maximum absolute atomic E-state index is 4.96. The molecule has 3 nitrogen and oxygen atoms in total. The summed E-state index contributed by atoms with van der Waals surface area (Å²) in [7, 11) is 1.61. The van der Waals surface area contributed by atoms with Crippen molar-refractivity contribution in [1.29, 1.82) is 0 Å². The summed E-state index contributed by atoms with van der Waals surface area (Å²) in [5, 5.41) is 3.31. The number of aromatic nitrogens is 1. The highest BCUT2D eigenvalue weighted by molar-refractivity contribution is 5.43. The van der Waals surface area contributed by atoms with E-state index in [0.717, 1.165) is 5.69 Å². The zero-order valence-electron chi connectivity index (χ0n) is 8.59. The first-order chi connectivity index (χ1) is 6.01. The van der Waals surface area contributed by atoms with Gasteiger partial charge in [-0.15, -0.1) is 0 Å². The summed E-state index contributed by atoms with van der Waals surface area (Å²) in [5.41, 5.74) is 1.07. The van der Waals surface area contributed by atoms with Gasteiger partial charge in [0.25, 0.3) is 0 Å². The number of nitrogens with zero attached hydrogens (tertiary/aromatic N) is 1. The van der Waals surface area contributed by atoms with Gasteiger partial charge in [0.15, 0.2) is 0 Å². The Kier molecular flexibility index (Phi) is 2.76. The van der Waals surface area contributed by atoms with Crippen LogP contribution in [0.25, 0.3) is 0 Å². The van der Waals surface area contributed by atoms with Gasteiger partial charge in [-0.05, 0) is 26.8 Å². The molecule has 0 saturated heterocycles. The van der Waals surface area contributed by atoms with Crippen LogP contribution in [0.5, 0.6) is 5.88 Å².